The Hall–Kier alpha value is -1.26. The standard InChI is InChI=1S/C4H9N3O2/c1-7(4(5)6)2-3(8)9/h2H2,1H3,(H3,5,6)(H,8,9)/i1+1. The fraction of sp³-hybridized carbons (Fsp3) is 0.500. The first-order chi connectivity index (χ1) is 4.04. The molecule has 0 aromatic rings. The van der Waals surface area contributed by atoms with Crippen molar-refractivity contribution >= 4 is 11.9 Å². The summed E-state index contributed by atoms with van der Waals surface area (Å²) in [6.07, 6.45) is 0. The van der Waals surface area contributed by atoms with E-state index < -0.39 is 5.97 Å². The van der Waals surface area contributed by atoms with Gasteiger partial charge in [0.2, 0.25) is 0 Å². The van der Waals surface area contributed by atoms with Crippen LogP contribution in [0.25, 0.3) is 0 Å². The van der Waals surface area contributed by atoms with Gasteiger partial charge in [-0.3, -0.25) is 10.2 Å². The van der Waals surface area contributed by atoms with Crippen molar-refractivity contribution in [2.75, 3.05) is 13.6 Å². The van der Waals surface area contributed by atoms with Gasteiger partial charge in [0.1, 0.15) is 6.54 Å². The molecular weight excluding hydrogens is 123 g/mol. The van der Waals surface area contributed by atoms with Crippen LogP contribution in [-0.2, 0) is 4.79 Å². The number of carboxylic acid groups (broad SMARTS) is 1. The van der Waals surface area contributed by atoms with Crippen molar-refractivity contribution in [1.29, 1.82) is 5.41 Å². The molecule has 5 heteroatoms. The molecule has 4 N–H and O–H groups in total. The molecule has 0 aromatic carbocycles. The van der Waals surface area contributed by atoms with Crippen LogP contribution in [0.3, 0.4) is 0 Å². The van der Waals surface area contributed by atoms with Gasteiger partial charge >= 0.3 is 5.97 Å². The maximum absolute atomic E-state index is 9.92. The number of guanidine groups is 1. The van der Waals surface area contributed by atoms with E-state index in [9.17, 15) is 4.79 Å². The van der Waals surface area contributed by atoms with E-state index in [1.165, 1.54) is 7.05 Å². The summed E-state index contributed by atoms with van der Waals surface area (Å²) in [4.78, 5) is 11.0. The summed E-state index contributed by atoms with van der Waals surface area (Å²) in [5.41, 5.74) is 4.93. The first kappa shape index (κ1) is 7.74. The zero-order valence-corrected chi connectivity index (χ0v) is 5.09. The lowest BCUT2D eigenvalue weighted by Crippen LogP contribution is -2.36. The first-order valence-corrected chi connectivity index (χ1v) is 2.31. The second-order valence-corrected chi connectivity index (χ2v) is 1.64. The lowest BCUT2D eigenvalue weighted by Gasteiger charge is -2.12. The van der Waals surface area contributed by atoms with Crippen molar-refractivity contribution < 1.29 is 9.90 Å². The minimum absolute atomic E-state index is 0.227. The van der Waals surface area contributed by atoms with Gasteiger partial charge in [0.25, 0.3) is 0 Å². The molecule has 0 saturated heterocycles. The van der Waals surface area contributed by atoms with Gasteiger partial charge in [-0.25, -0.2) is 0 Å². The highest BCUT2D eigenvalue weighted by Crippen LogP contribution is 1.76. The van der Waals surface area contributed by atoms with Gasteiger partial charge in [-0.15, -0.1) is 0 Å². The third kappa shape index (κ3) is 3.33. The Morgan fingerprint density at radius 3 is 2.44 bits per heavy atom. The van der Waals surface area contributed by atoms with Crippen LogP contribution in [0.4, 0.5) is 0 Å². The number of aliphatic carboxylic acids is 1. The molecule has 0 unspecified atom stereocenters. The molecular formula is C4H9N3O2. The lowest BCUT2D eigenvalue weighted by atomic mass is 10.6. The number of carbonyl (C=O) groups is 1. The second kappa shape index (κ2) is 2.91. The highest BCUT2D eigenvalue weighted by Gasteiger charge is 2.03. The molecule has 0 aliphatic rings. The van der Waals surface area contributed by atoms with Crippen molar-refractivity contribution in [3.63, 3.8) is 0 Å². The molecule has 0 aliphatic carbocycles. The van der Waals surface area contributed by atoms with Gasteiger partial charge in [0.05, 0.1) is 0 Å². The molecule has 5 nitrogen and oxygen atoms in total. The highest BCUT2D eigenvalue weighted by molar-refractivity contribution is 5.79. The summed E-state index contributed by atoms with van der Waals surface area (Å²) in [6.45, 7) is -0.227. The Kier molecular flexibility index (Phi) is 2.50. The van der Waals surface area contributed by atoms with E-state index in [1.807, 2.05) is 0 Å². The van der Waals surface area contributed by atoms with E-state index in [0.717, 1.165) is 4.90 Å². The topological polar surface area (TPSA) is 90.4 Å². The molecule has 0 fully saturated rings. The third-order valence-electron chi connectivity index (χ3n) is 0.784. The molecule has 0 rings (SSSR count). The van der Waals surface area contributed by atoms with Gasteiger partial charge in [0.15, 0.2) is 5.96 Å². The van der Waals surface area contributed by atoms with Gasteiger partial charge in [0, 0.05) is 7.05 Å². The van der Waals surface area contributed by atoms with Crippen LogP contribution in [-0.4, -0.2) is 35.5 Å². The number of hydrogen-bond donors (Lipinski definition) is 3. The van der Waals surface area contributed by atoms with E-state index in [4.69, 9.17) is 16.2 Å². The van der Waals surface area contributed by atoms with Crippen LogP contribution in [0.2, 0.25) is 0 Å². The van der Waals surface area contributed by atoms with Crippen molar-refractivity contribution in [2.24, 2.45) is 5.73 Å². The van der Waals surface area contributed by atoms with Crippen LogP contribution < -0.4 is 5.73 Å². The smallest absolute Gasteiger partial charge is 0.323 e. The Morgan fingerprint density at radius 1 is 1.89 bits per heavy atom. The molecule has 0 aliphatic heterocycles. The number of carboxylic acids is 1. The Labute approximate surface area is 52.6 Å². The van der Waals surface area contributed by atoms with E-state index in [-0.39, 0.29) is 12.5 Å². The highest BCUT2D eigenvalue weighted by atomic mass is 16.4. The molecule has 9 heavy (non-hydrogen) atoms. The molecule has 0 bridgehead atoms. The van der Waals surface area contributed by atoms with E-state index >= 15 is 0 Å². The largest absolute Gasteiger partial charge is 0.480 e. The summed E-state index contributed by atoms with van der Waals surface area (Å²) in [7, 11) is 1.44. The van der Waals surface area contributed by atoms with Gasteiger partial charge in [-0.1, -0.05) is 0 Å². The summed E-state index contributed by atoms with van der Waals surface area (Å²) in [5.74, 6) is -1.23. The number of likely N-dealkylation sites (N-methyl/N-ethyl adjacent to an activating group) is 1. The van der Waals surface area contributed by atoms with Crippen LogP contribution in [0.1, 0.15) is 0 Å². The fourth-order valence-corrected chi connectivity index (χ4v) is 0.288. The predicted octanol–water partition coefficient (Wildman–Crippen LogP) is -1.10. The summed E-state index contributed by atoms with van der Waals surface area (Å²) < 4.78 is 0. The van der Waals surface area contributed by atoms with Crippen molar-refractivity contribution in [1.82, 2.24) is 4.90 Å². The second-order valence-electron chi connectivity index (χ2n) is 1.64. The quantitative estimate of drug-likeness (QED) is 0.252. The zero-order chi connectivity index (χ0) is 7.44. The maximum Gasteiger partial charge on any atom is 0.323 e. The summed E-state index contributed by atoms with van der Waals surface area (Å²) >= 11 is 0. The normalized spacial score (nSPS) is 8.56. The monoisotopic (exact) mass is 132 g/mol. The van der Waals surface area contributed by atoms with Gasteiger partial charge in [-0.2, -0.15) is 0 Å². The third-order valence-corrected chi connectivity index (χ3v) is 0.784. The summed E-state index contributed by atoms with van der Waals surface area (Å²) in [5, 5.41) is 14.9. The van der Waals surface area contributed by atoms with Gasteiger partial charge < -0.3 is 15.7 Å². The average Bonchev–Trinajstić information content (AvgIpc) is 1.63. The molecule has 0 spiro atoms. The number of nitrogens with zero attached hydrogens (tertiary/aromatic N) is 1. The zero-order valence-electron chi connectivity index (χ0n) is 5.09. The molecule has 0 saturated carbocycles. The predicted molar refractivity (Wildman–Crippen MR) is 32.2 cm³/mol. The van der Waals surface area contributed by atoms with Crippen LogP contribution in [0.15, 0.2) is 0 Å². The molecule has 0 radical (unpaired) electrons. The molecule has 0 aromatic heterocycles. The van der Waals surface area contributed by atoms with Crippen molar-refractivity contribution in [2.45, 2.75) is 0 Å². The van der Waals surface area contributed by atoms with Crippen LogP contribution in [0, 0.1) is 5.41 Å². The van der Waals surface area contributed by atoms with E-state index in [2.05, 4.69) is 0 Å². The Bertz CT molecular complexity index is 134. The number of nitrogens with one attached hydrogen (secondary N) is 1. The lowest BCUT2D eigenvalue weighted by molar-refractivity contribution is -0.137. The number of nitrogens with two attached hydrogens (primary N) is 1. The van der Waals surface area contributed by atoms with E-state index in [1.54, 1.807) is 0 Å². The van der Waals surface area contributed by atoms with Crippen LogP contribution >= 0.6 is 0 Å². The number of hydrogen-bond acceptors (Lipinski definition) is 2. The minimum atomic E-state index is -0.993. The summed E-state index contributed by atoms with van der Waals surface area (Å²) in [6, 6.07) is 0. The minimum Gasteiger partial charge on any atom is -0.480 e. The maximum atomic E-state index is 9.92. The molecule has 52 valence electrons. The molecule has 0 heterocycles. The Morgan fingerprint density at radius 2 is 2.33 bits per heavy atom. The van der Waals surface area contributed by atoms with Gasteiger partial charge in [-0.05, 0) is 0 Å². The Balaban J connectivity index is 3.63. The SMILES string of the molecule is [13CH3]N(CC(=O)O)C(=N)N. The van der Waals surface area contributed by atoms with Crippen molar-refractivity contribution in [3.8, 4) is 0 Å². The van der Waals surface area contributed by atoms with E-state index in [0.29, 0.717) is 0 Å². The fourth-order valence-electron chi connectivity index (χ4n) is 0.288. The molecule has 0 atom stereocenters. The van der Waals surface area contributed by atoms with Crippen LogP contribution in [0.5, 0.6) is 0 Å². The first-order valence-electron chi connectivity index (χ1n) is 2.31. The van der Waals surface area contributed by atoms with Crippen molar-refractivity contribution in [3.05, 3.63) is 0 Å². The molecule has 0 amide bonds. The number of rotatable bonds is 2. The average molecular weight is 132 g/mol.